The third-order valence-corrected chi connectivity index (χ3v) is 7.82. The van der Waals surface area contributed by atoms with Crippen LogP contribution in [-0.4, -0.2) is 32.7 Å². The van der Waals surface area contributed by atoms with E-state index in [0.717, 1.165) is 18.4 Å². The van der Waals surface area contributed by atoms with Crippen LogP contribution in [0.25, 0.3) is 22.3 Å². The van der Waals surface area contributed by atoms with Crippen molar-refractivity contribution in [3.05, 3.63) is 95.6 Å². The van der Waals surface area contributed by atoms with Crippen LogP contribution < -0.4 is 18.9 Å². The van der Waals surface area contributed by atoms with E-state index in [0.29, 0.717) is 38.5 Å². The summed E-state index contributed by atoms with van der Waals surface area (Å²) in [5.41, 5.74) is -0.662. The SMILES string of the molecule is CCOc1ccc(-c2ccc(OCCCCC(C=O)CCCCOc3ccc(-c4ccc(OCC)c(F)c4F)c(F)c3)cc2F)c(F)c1F. The van der Waals surface area contributed by atoms with Gasteiger partial charge < -0.3 is 23.7 Å². The van der Waals surface area contributed by atoms with Gasteiger partial charge in [-0.3, -0.25) is 0 Å². The van der Waals surface area contributed by atoms with Crippen LogP contribution in [0.3, 0.4) is 0 Å². The van der Waals surface area contributed by atoms with Gasteiger partial charge in [0.2, 0.25) is 11.6 Å². The first-order valence-corrected chi connectivity index (χ1v) is 16.2. The molecule has 49 heavy (non-hydrogen) atoms. The van der Waals surface area contributed by atoms with Crippen molar-refractivity contribution in [2.24, 2.45) is 5.92 Å². The molecule has 0 bridgehead atoms. The molecule has 0 aliphatic heterocycles. The summed E-state index contributed by atoms with van der Waals surface area (Å²) < 4.78 is 108. The summed E-state index contributed by atoms with van der Waals surface area (Å²) in [6, 6.07) is 12.9. The van der Waals surface area contributed by atoms with E-state index in [1.54, 1.807) is 13.8 Å². The Hall–Kier alpha value is -4.67. The van der Waals surface area contributed by atoms with Crippen molar-refractivity contribution in [3.8, 4) is 45.3 Å². The second kappa shape index (κ2) is 18.2. The molecular formula is C38H38F6O5. The molecular weight excluding hydrogens is 650 g/mol. The molecule has 0 heterocycles. The Morgan fingerprint density at radius 2 is 0.939 bits per heavy atom. The Labute approximate surface area is 281 Å². The highest BCUT2D eigenvalue weighted by Crippen LogP contribution is 2.34. The smallest absolute Gasteiger partial charge is 0.201 e. The fourth-order valence-electron chi connectivity index (χ4n) is 5.30. The van der Waals surface area contributed by atoms with E-state index < -0.39 is 34.9 Å². The average Bonchev–Trinajstić information content (AvgIpc) is 3.09. The van der Waals surface area contributed by atoms with Crippen LogP contribution in [0.1, 0.15) is 52.4 Å². The van der Waals surface area contributed by atoms with Crippen molar-refractivity contribution in [2.45, 2.75) is 52.4 Å². The van der Waals surface area contributed by atoms with Crippen molar-refractivity contribution in [2.75, 3.05) is 26.4 Å². The highest BCUT2D eigenvalue weighted by Gasteiger charge is 2.20. The second-order valence-corrected chi connectivity index (χ2v) is 11.2. The standard InChI is InChI=1S/C38H38F6O5/c1-3-46-33-17-15-29(35(41)37(33)43)27-13-11-25(21-31(27)39)48-19-7-5-9-24(23-45)10-6-8-20-49-26-12-14-28(32(40)22-26)30-16-18-34(47-4-2)38(44)36(30)42/h11-18,21-24H,3-10,19-20H2,1-2H3. The largest absolute Gasteiger partial charge is 0.493 e. The van der Waals surface area contributed by atoms with Crippen LogP contribution in [-0.2, 0) is 4.79 Å². The second-order valence-electron chi connectivity index (χ2n) is 11.2. The number of rotatable bonds is 19. The van der Waals surface area contributed by atoms with Crippen molar-refractivity contribution in [1.82, 2.24) is 0 Å². The Morgan fingerprint density at radius 1 is 0.531 bits per heavy atom. The lowest BCUT2D eigenvalue weighted by Crippen LogP contribution is -2.06. The van der Waals surface area contributed by atoms with Gasteiger partial charge in [0.15, 0.2) is 23.1 Å². The zero-order valence-corrected chi connectivity index (χ0v) is 27.3. The molecule has 262 valence electrons. The van der Waals surface area contributed by atoms with Gasteiger partial charge in [0, 0.05) is 40.3 Å². The number of benzene rings is 4. The van der Waals surface area contributed by atoms with Crippen molar-refractivity contribution >= 4 is 6.29 Å². The number of carbonyl (C=O) groups excluding carboxylic acids is 1. The third-order valence-electron chi connectivity index (χ3n) is 7.82. The molecule has 0 aliphatic rings. The predicted molar refractivity (Wildman–Crippen MR) is 174 cm³/mol. The fraction of sp³-hybridized carbons (Fsp3) is 0.342. The van der Waals surface area contributed by atoms with Gasteiger partial charge in [0.25, 0.3) is 0 Å². The molecule has 0 aromatic heterocycles. The van der Waals surface area contributed by atoms with Crippen LogP contribution in [0.2, 0.25) is 0 Å². The lowest BCUT2D eigenvalue weighted by molar-refractivity contribution is -0.111. The van der Waals surface area contributed by atoms with E-state index in [-0.39, 0.29) is 77.6 Å². The van der Waals surface area contributed by atoms with Crippen molar-refractivity contribution in [3.63, 3.8) is 0 Å². The number of ether oxygens (including phenoxy) is 4. The normalized spacial score (nSPS) is 11.1. The average molecular weight is 689 g/mol. The molecule has 0 atom stereocenters. The summed E-state index contributed by atoms with van der Waals surface area (Å²) in [5, 5.41) is 0. The number of hydrogen-bond acceptors (Lipinski definition) is 5. The third kappa shape index (κ3) is 9.70. The van der Waals surface area contributed by atoms with Crippen LogP contribution in [0.4, 0.5) is 26.3 Å². The molecule has 4 aromatic carbocycles. The van der Waals surface area contributed by atoms with Gasteiger partial charge in [-0.05, 0) is 101 Å². The van der Waals surface area contributed by atoms with Gasteiger partial charge in [0.05, 0.1) is 26.4 Å². The quantitative estimate of drug-likeness (QED) is 0.0558. The number of halogens is 6. The Balaban J connectivity index is 1.15. The minimum atomic E-state index is -1.20. The number of aldehydes is 1. The summed E-state index contributed by atoms with van der Waals surface area (Å²) >= 11 is 0. The zero-order valence-electron chi connectivity index (χ0n) is 27.3. The summed E-state index contributed by atoms with van der Waals surface area (Å²) in [6.07, 6.45) is 4.81. The van der Waals surface area contributed by atoms with Gasteiger partial charge in [0.1, 0.15) is 29.4 Å². The summed E-state index contributed by atoms with van der Waals surface area (Å²) in [6.45, 7) is 4.16. The first kappa shape index (κ1) is 37.2. The molecule has 0 amide bonds. The zero-order chi connectivity index (χ0) is 35.3. The van der Waals surface area contributed by atoms with E-state index in [4.69, 9.17) is 18.9 Å². The molecule has 0 N–H and O–H groups in total. The number of unbranched alkanes of at least 4 members (excludes halogenated alkanes) is 2. The van der Waals surface area contributed by atoms with Crippen LogP contribution in [0.15, 0.2) is 60.7 Å². The van der Waals surface area contributed by atoms with Crippen LogP contribution >= 0.6 is 0 Å². The summed E-state index contributed by atoms with van der Waals surface area (Å²) in [4.78, 5) is 11.6. The Bertz CT molecular complexity index is 1590. The molecule has 4 aromatic rings. The van der Waals surface area contributed by atoms with Crippen LogP contribution in [0.5, 0.6) is 23.0 Å². The van der Waals surface area contributed by atoms with Gasteiger partial charge in [-0.15, -0.1) is 0 Å². The van der Waals surface area contributed by atoms with E-state index in [1.807, 2.05) is 0 Å². The minimum Gasteiger partial charge on any atom is -0.493 e. The molecule has 4 rings (SSSR count). The van der Waals surface area contributed by atoms with E-state index in [1.165, 1.54) is 48.5 Å². The van der Waals surface area contributed by atoms with Gasteiger partial charge in [-0.2, -0.15) is 8.78 Å². The lowest BCUT2D eigenvalue weighted by Gasteiger charge is -2.13. The first-order chi connectivity index (χ1) is 23.7. The van der Waals surface area contributed by atoms with Crippen molar-refractivity contribution in [1.29, 1.82) is 0 Å². The molecule has 0 radical (unpaired) electrons. The Kier molecular flexibility index (Phi) is 13.8. The predicted octanol–water partition coefficient (Wildman–Crippen LogP) is 10.3. The molecule has 0 aliphatic carbocycles. The number of carbonyl (C=O) groups is 1. The molecule has 11 heteroatoms. The maximum Gasteiger partial charge on any atom is 0.201 e. The topological polar surface area (TPSA) is 54.0 Å². The van der Waals surface area contributed by atoms with E-state index in [2.05, 4.69) is 0 Å². The maximum atomic E-state index is 14.8. The molecule has 0 saturated carbocycles. The molecule has 5 nitrogen and oxygen atoms in total. The Morgan fingerprint density at radius 3 is 1.31 bits per heavy atom. The number of hydrogen-bond donors (Lipinski definition) is 0. The van der Waals surface area contributed by atoms with Gasteiger partial charge in [-0.25, -0.2) is 17.6 Å². The first-order valence-electron chi connectivity index (χ1n) is 16.2. The lowest BCUT2D eigenvalue weighted by atomic mass is 9.97. The van der Waals surface area contributed by atoms with E-state index in [9.17, 15) is 31.1 Å². The van der Waals surface area contributed by atoms with Gasteiger partial charge >= 0.3 is 0 Å². The highest BCUT2D eigenvalue weighted by atomic mass is 19.2. The minimum absolute atomic E-state index is 0.106. The van der Waals surface area contributed by atoms with E-state index >= 15 is 0 Å². The molecule has 0 spiro atoms. The van der Waals surface area contributed by atoms with Gasteiger partial charge in [-0.1, -0.05) is 0 Å². The highest BCUT2D eigenvalue weighted by molar-refractivity contribution is 5.68. The molecule has 0 saturated heterocycles. The summed E-state index contributed by atoms with van der Waals surface area (Å²) in [5.74, 6) is -6.44. The van der Waals surface area contributed by atoms with Crippen LogP contribution in [0, 0.1) is 40.8 Å². The maximum absolute atomic E-state index is 14.8. The molecule has 0 fully saturated rings. The van der Waals surface area contributed by atoms with Crippen molar-refractivity contribution < 1.29 is 50.1 Å². The fourth-order valence-corrected chi connectivity index (χ4v) is 5.30. The molecule has 0 unspecified atom stereocenters. The monoisotopic (exact) mass is 688 g/mol. The summed E-state index contributed by atoms with van der Waals surface area (Å²) in [7, 11) is 0.